The number of carbonyl (C=O) groups excluding carboxylic acids is 1. The first-order valence-electron chi connectivity index (χ1n) is 5.16. The highest BCUT2D eigenvalue weighted by Crippen LogP contribution is 2.20. The van der Waals surface area contributed by atoms with Crippen molar-refractivity contribution in [3.63, 3.8) is 0 Å². The average molecular weight is 280 g/mol. The molecule has 88 valence electrons. The molecule has 1 saturated heterocycles. The van der Waals surface area contributed by atoms with Crippen LogP contribution >= 0.6 is 15.9 Å². The molecule has 1 aliphatic heterocycles. The Kier molecular flexibility index (Phi) is 5.56. The van der Waals surface area contributed by atoms with Crippen LogP contribution in [-0.2, 0) is 14.3 Å². The van der Waals surface area contributed by atoms with Gasteiger partial charge in [-0.15, -0.1) is 0 Å². The third-order valence-electron chi connectivity index (χ3n) is 2.55. The van der Waals surface area contributed by atoms with Gasteiger partial charge in [-0.3, -0.25) is 4.79 Å². The molecular formula is C10H18BrNO3. The first-order valence-corrected chi connectivity index (χ1v) is 6.28. The molecule has 0 aliphatic carbocycles. The molecule has 0 bridgehead atoms. The van der Waals surface area contributed by atoms with Crippen molar-refractivity contribution < 1.29 is 14.3 Å². The van der Waals surface area contributed by atoms with E-state index in [1.54, 1.807) is 7.11 Å². The van der Waals surface area contributed by atoms with E-state index in [1.807, 2.05) is 6.92 Å². The Bertz CT molecular complexity index is 213. The average Bonchev–Trinajstić information content (AvgIpc) is 2.63. The molecule has 1 aliphatic rings. The number of nitrogens with one attached hydrogen (secondary N) is 1. The summed E-state index contributed by atoms with van der Waals surface area (Å²) in [6.45, 7) is 3.23. The van der Waals surface area contributed by atoms with Gasteiger partial charge in [-0.25, -0.2) is 0 Å². The zero-order valence-electron chi connectivity index (χ0n) is 9.16. The van der Waals surface area contributed by atoms with Gasteiger partial charge in [-0.05, 0) is 12.3 Å². The summed E-state index contributed by atoms with van der Waals surface area (Å²) >= 11 is 3.33. The molecule has 0 aromatic rings. The third-order valence-corrected chi connectivity index (χ3v) is 3.33. The van der Waals surface area contributed by atoms with Crippen LogP contribution < -0.4 is 5.32 Å². The van der Waals surface area contributed by atoms with Crippen molar-refractivity contribution in [1.82, 2.24) is 5.32 Å². The normalized spacial score (nSPS) is 27.7. The molecule has 0 radical (unpaired) electrons. The van der Waals surface area contributed by atoms with Gasteiger partial charge in [0.1, 0.15) is 6.10 Å². The molecule has 4 nitrogen and oxygen atoms in total. The number of halogens is 1. The van der Waals surface area contributed by atoms with Crippen molar-refractivity contribution in [1.29, 1.82) is 0 Å². The maximum atomic E-state index is 11.8. The molecule has 0 aromatic carbocycles. The smallest absolute Gasteiger partial charge is 0.249 e. The molecule has 0 saturated carbocycles. The molecule has 1 heterocycles. The second-order valence-corrected chi connectivity index (χ2v) is 4.52. The lowest BCUT2D eigenvalue weighted by Gasteiger charge is -2.19. The Balaban J connectivity index is 2.39. The van der Waals surface area contributed by atoms with Crippen LogP contribution in [0.3, 0.4) is 0 Å². The van der Waals surface area contributed by atoms with Crippen LogP contribution in [0.5, 0.6) is 0 Å². The van der Waals surface area contributed by atoms with E-state index in [2.05, 4.69) is 21.2 Å². The fourth-order valence-corrected chi connectivity index (χ4v) is 1.99. The van der Waals surface area contributed by atoms with Crippen LogP contribution in [0.1, 0.15) is 13.3 Å². The minimum Gasteiger partial charge on any atom is -0.383 e. The Morgan fingerprint density at radius 3 is 2.93 bits per heavy atom. The van der Waals surface area contributed by atoms with Crippen molar-refractivity contribution in [2.75, 3.05) is 25.7 Å². The molecule has 1 fully saturated rings. The van der Waals surface area contributed by atoms with Crippen LogP contribution in [0.2, 0.25) is 0 Å². The number of alkyl halides is 1. The van der Waals surface area contributed by atoms with Gasteiger partial charge in [0.15, 0.2) is 0 Å². The van der Waals surface area contributed by atoms with Gasteiger partial charge in [0.05, 0.1) is 12.6 Å². The van der Waals surface area contributed by atoms with Gasteiger partial charge in [-0.1, -0.05) is 22.9 Å². The summed E-state index contributed by atoms with van der Waals surface area (Å²) in [5.41, 5.74) is 0. The number of methoxy groups -OCH3 is 1. The van der Waals surface area contributed by atoms with Crippen molar-refractivity contribution in [2.45, 2.75) is 25.5 Å². The summed E-state index contributed by atoms with van der Waals surface area (Å²) in [5.74, 6) is 0.282. The summed E-state index contributed by atoms with van der Waals surface area (Å²) in [7, 11) is 1.62. The predicted octanol–water partition coefficient (Wildman–Crippen LogP) is 0.937. The van der Waals surface area contributed by atoms with Gasteiger partial charge in [0.25, 0.3) is 0 Å². The van der Waals surface area contributed by atoms with Crippen LogP contribution in [0, 0.1) is 5.92 Å². The van der Waals surface area contributed by atoms with Crippen LogP contribution in [0.4, 0.5) is 0 Å². The lowest BCUT2D eigenvalue weighted by atomic mass is 10.0. The van der Waals surface area contributed by atoms with E-state index in [0.29, 0.717) is 24.5 Å². The van der Waals surface area contributed by atoms with Crippen LogP contribution in [0.15, 0.2) is 0 Å². The minimum atomic E-state index is -0.289. The zero-order valence-corrected chi connectivity index (χ0v) is 10.7. The Morgan fingerprint density at radius 2 is 2.47 bits per heavy atom. The molecule has 3 unspecified atom stereocenters. The number of rotatable bonds is 5. The van der Waals surface area contributed by atoms with E-state index in [9.17, 15) is 4.79 Å². The number of amides is 1. The largest absolute Gasteiger partial charge is 0.383 e. The maximum Gasteiger partial charge on any atom is 0.249 e. The van der Waals surface area contributed by atoms with Gasteiger partial charge in [0.2, 0.25) is 5.91 Å². The second-order valence-electron chi connectivity index (χ2n) is 3.87. The van der Waals surface area contributed by atoms with Crippen molar-refractivity contribution >= 4 is 21.8 Å². The molecule has 1 rings (SSSR count). The van der Waals surface area contributed by atoms with E-state index in [0.717, 1.165) is 6.42 Å². The third kappa shape index (κ3) is 3.74. The summed E-state index contributed by atoms with van der Waals surface area (Å²) < 4.78 is 10.4. The first kappa shape index (κ1) is 12.9. The summed E-state index contributed by atoms with van der Waals surface area (Å²) in [4.78, 5) is 11.8. The number of ether oxygens (including phenoxy) is 2. The highest BCUT2D eigenvalue weighted by molar-refractivity contribution is 9.09. The maximum absolute atomic E-state index is 11.8. The lowest BCUT2D eigenvalue weighted by molar-refractivity contribution is -0.132. The monoisotopic (exact) mass is 279 g/mol. The molecule has 1 amide bonds. The molecule has 15 heavy (non-hydrogen) atoms. The second kappa shape index (κ2) is 6.45. The van der Waals surface area contributed by atoms with Crippen LogP contribution in [-0.4, -0.2) is 43.7 Å². The summed E-state index contributed by atoms with van der Waals surface area (Å²) in [6.07, 6.45) is 0.671. The van der Waals surface area contributed by atoms with Gasteiger partial charge < -0.3 is 14.8 Å². The Hall–Kier alpha value is -0.130. The first-order chi connectivity index (χ1) is 7.19. The topological polar surface area (TPSA) is 47.6 Å². The van der Waals surface area contributed by atoms with E-state index in [1.165, 1.54) is 0 Å². The fraction of sp³-hybridized carbons (Fsp3) is 0.900. The highest BCUT2D eigenvalue weighted by Gasteiger charge is 2.31. The van der Waals surface area contributed by atoms with Crippen molar-refractivity contribution in [3.8, 4) is 0 Å². The number of hydrogen-bond donors (Lipinski definition) is 1. The lowest BCUT2D eigenvalue weighted by Crippen LogP contribution is -2.45. The van der Waals surface area contributed by atoms with Crippen LogP contribution in [0.25, 0.3) is 0 Å². The van der Waals surface area contributed by atoms with Gasteiger partial charge in [-0.2, -0.15) is 0 Å². The minimum absolute atomic E-state index is 0.0129. The molecule has 0 aromatic heterocycles. The number of carbonyl (C=O) groups is 1. The number of hydrogen-bond acceptors (Lipinski definition) is 3. The molecule has 1 N–H and O–H groups in total. The van der Waals surface area contributed by atoms with Gasteiger partial charge >= 0.3 is 0 Å². The Labute approximate surface area is 98.8 Å². The zero-order chi connectivity index (χ0) is 11.3. The fourth-order valence-electron chi connectivity index (χ4n) is 1.64. The van der Waals surface area contributed by atoms with Crippen molar-refractivity contribution in [3.05, 3.63) is 0 Å². The molecular weight excluding hydrogens is 262 g/mol. The Morgan fingerprint density at radius 1 is 1.73 bits per heavy atom. The standard InChI is InChI=1S/C10H18BrNO3/c1-7-3-4-15-9(7)10(13)12-8(5-11)6-14-2/h7-9H,3-6H2,1-2H3,(H,12,13). The predicted molar refractivity (Wildman–Crippen MR) is 61.1 cm³/mol. The summed E-state index contributed by atoms with van der Waals surface area (Å²) in [5, 5.41) is 3.59. The summed E-state index contributed by atoms with van der Waals surface area (Å²) in [6, 6.07) is 0.0129. The van der Waals surface area contributed by atoms with E-state index < -0.39 is 0 Å². The molecule has 5 heteroatoms. The van der Waals surface area contributed by atoms with Gasteiger partial charge in [0, 0.05) is 19.0 Å². The quantitative estimate of drug-likeness (QED) is 0.762. The SMILES string of the molecule is COCC(CBr)NC(=O)C1OCCC1C. The van der Waals surface area contributed by atoms with E-state index >= 15 is 0 Å². The van der Waals surface area contributed by atoms with E-state index in [4.69, 9.17) is 9.47 Å². The van der Waals surface area contributed by atoms with Crippen molar-refractivity contribution in [2.24, 2.45) is 5.92 Å². The van der Waals surface area contributed by atoms with E-state index in [-0.39, 0.29) is 18.1 Å². The highest BCUT2D eigenvalue weighted by atomic mass is 79.9. The molecule has 3 atom stereocenters. The molecule has 0 spiro atoms.